The van der Waals surface area contributed by atoms with Crippen molar-refractivity contribution in [3.05, 3.63) is 34.9 Å². The second kappa shape index (κ2) is 5.40. The van der Waals surface area contributed by atoms with Crippen molar-refractivity contribution in [1.29, 1.82) is 0 Å². The first-order valence-corrected chi connectivity index (χ1v) is 6.40. The van der Waals surface area contributed by atoms with Crippen molar-refractivity contribution in [2.75, 3.05) is 13.1 Å². The Kier molecular flexibility index (Phi) is 3.85. The number of amides is 2. The van der Waals surface area contributed by atoms with E-state index in [4.69, 9.17) is 5.73 Å². The minimum absolute atomic E-state index is 0.115. The molecular formula is C14H19N3O2. The first-order chi connectivity index (χ1) is 8.99. The van der Waals surface area contributed by atoms with E-state index < -0.39 is 5.91 Å². The van der Waals surface area contributed by atoms with Crippen molar-refractivity contribution in [1.82, 2.24) is 10.2 Å². The highest BCUT2D eigenvalue weighted by Crippen LogP contribution is 2.15. The van der Waals surface area contributed by atoms with E-state index >= 15 is 0 Å². The number of hydrogen-bond acceptors (Lipinski definition) is 3. The minimum Gasteiger partial charge on any atom is -0.366 e. The molecule has 1 unspecified atom stereocenters. The number of nitrogens with one attached hydrogen (secondary N) is 1. The lowest BCUT2D eigenvalue weighted by Gasteiger charge is -2.32. The van der Waals surface area contributed by atoms with E-state index in [0.29, 0.717) is 18.7 Å². The molecule has 0 saturated carbocycles. The van der Waals surface area contributed by atoms with Gasteiger partial charge in [-0.1, -0.05) is 6.07 Å². The third kappa shape index (κ3) is 2.93. The molecule has 5 nitrogen and oxygen atoms in total. The molecule has 0 radical (unpaired) electrons. The van der Waals surface area contributed by atoms with Crippen LogP contribution in [0.25, 0.3) is 0 Å². The number of aryl methyl sites for hydroxylation is 1. The second-order valence-electron chi connectivity index (χ2n) is 4.94. The maximum absolute atomic E-state index is 12.0. The van der Waals surface area contributed by atoms with Crippen molar-refractivity contribution in [2.24, 2.45) is 5.73 Å². The van der Waals surface area contributed by atoms with Crippen molar-refractivity contribution in [3.63, 3.8) is 0 Å². The molecule has 102 valence electrons. The van der Waals surface area contributed by atoms with E-state index in [2.05, 4.69) is 5.32 Å². The van der Waals surface area contributed by atoms with E-state index in [1.807, 2.05) is 24.8 Å². The summed E-state index contributed by atoms with van der Waals surface area (Å²) in [4.78, 5) is 24.9. The Morgan fingerprint density at radius 1 is 1.53 bits per heavy atom. The van der Waals surface area contributed by atoms with Gasteiger partial charge in [-0.2, -0.15) is 0 Å². The molecule has 1 atom stereocenters. The molecule has 2 rings (SSSR count). The lowest BCUT2D eigenvalue weighted by molar-refractivity contribution is -0.135. The highest BCUT2D eigenvalue weighted by atomic mass is 16.2. The third-order valence-corrected chi connectivity index (χ3v) is 3.50. The predicted octanol–water partition coefficient (Wildman–Crippen LogP) is 0.414. The minimum atomic E-state index is -0.429. The molecule has 5 heteroatoms. The fourth-order valence-electron chi connectivity index (χ4n) is 2.28. The van der Waals surface area contributed by atoms with Gasteiger partial charge in [0.2, 0.25) is 11.8 Å². The molecule has 1 saturated heterocycles. The smallest absolute Gasteiger partial charge is 0.248 e. The molecule has 1 aliphatic heterocycles. The molecule has 0 bridgehead atoms. The molecular weight excluding hydrogens is 242 g/mol. The topological polar surface area (TPSA) is 75.4 Å². The van der Waals surface area contributed by atoms with Crippen molar-refractivity contribution >= 4 is 11.8 Å². The summed E-state index contributed by atoms with van der Waals surface area (Å²) >= 11 is 0. The normalized spacial score (nSPS) is 19.6. The lowest BCUT2D eigenvalue weighted by atomic mass is 10.0. The quantitative estimate of drug-likeness (QED) is 0.827. The SMILES string of the molecule is Cc1cc(C(N)=O)ccc1CN1CCNC(C)C1=O. The number of nitrogens with two attached hydrogens (primary N) is 1. The predicted molar refractivity (Wildman–Crippen MR) is 72.6 cm³/mol. The number of rotatable bonds is 3. The van der Waals surface area contributed by atoms with Crippen LogP contribution in [0.2, 0.25) is 0 Å². The average Bonchev–Trinajstić information content (AvgIpc) is 2.37. The summed E-state index contributed by atoms with van der Waals surface area (Å²) in [5.74, 6) is -0.314. The zero-order chi connectivity index (χ0) is 14.0. The van der Waals surface area contributed by atoms with E-state index in [-0.39, 0.29) is 11.9 Å². The fraction of sp³-hybridized carbons (Fsp3) is 0.429. The van der Waals surface area contributed by atoms with Gasteiger partial charge >= 0.3 is 0 Å². The maximum Gasteiger partial charge on any atom is 0.248 e. The van der Waals surface area contributed by atoms with Crippen molar-refractivity contribution in [3.8, 4) is 0 Å². The van der Waals surface area contributed by atoms with Gasteiger partial charge in [-0.05, 0) is 37.1 Å². The van der Waals surface area contributed by atoms with Crippen LogP contribution in [0.1, 0.15) is 28.4 Å². The Morgan fingerprint density at radius 3 is 2.89 bits per heavy atom. The van der Waals surface area contributed by atoms with Gasteiger partial charge in [0.15, 0.2) is 0 Å². The van der Waals surface area contributed by atoms with E-state index in [9.17, 15) is 9.59 Å². The second-order valence-corrected chi connectivity index (χ2v) is 4.94. The van der Waals surface area contributed by atoms with Crippen LogP contribution >= 0.6 is 0 Å². The van der Waals surface area contributed by atoms with Crippen LogP contribution in [0.4, 0.5) is 0 Å². The van der Waals surface area contributed by atoms with Gasteiger partial charge < -0.3 is 16.0 Å². The molecule has 1 aliphatic rings. The van der Waals surface area contributed by atoms with Gasteiger partial charge in [0.1, 0.15) is 0 Å². The number of piperazine rings is 1. The van der Waals surface area contributed by atoms with Crippen LogP contribution in [0, 0.1) is 6.92 Å². The molecule has 0 spiro atoms. The van der Waals surface area contributed by atoms with Crippen LogP contribution < -0.4 is 11.1 Å². The lowest BCUT2D eigenvalue weighted by Crippen LogP contribution is -2.53. The van der Waals surface area contributed by atoms with Gasteiger partial charge in [0.05, 0.1) is 6.04 Å². The largest absolute Gasteiger partial charge is 0.366 e. The van der Waals surface area contributed by atoms with Crippen LogP contribution in [-0.4, -0.2) is 35.8 Å². The first-order valence-electron chi connectivity index (χ1n) is 6.40. The summed E-state index contributed by atoms with van der Waals surface area (Å²) in [7, 11) is 0. The van der Waals surface area contributed by atoms with Crippen molar-refractivity contribution < 1.29 is 9.59 Å². The van der Waals surface area contributed by atoms with Crippen LogP contribution in [0.15, 0.2) is 18.2 Å². The fourth-order valence-corrected chi connectivity index (χ4v) is 2.28. The number of primary amides is 1. The maximum atomic E-state index is 12.0. The molecule has 1 aromatic carbocycles. The summed E-state index contributed by atoms with van der Waals surface area (Å²) in [5.41, 5.74) is 7.78. The van der Waals surface area contributed by atoms with Gasteiger partial charge in [0.25, 0.3) is 0 Å². The standard InChI is InChI=1S/C14H19N3O2/c1-9-7-11(13(15)18)3-4-12(9)8-17-6-5-16-10(2)14(17)19/h3-4,7,10,16H,5-6,8H2,1-2H3,(H2,15,18). The van der Waals surface area contributed by atoms with E-state index in [1.54, 1.807) is 12.1 Å². The van der Waals surface area contributed by atoms with Gasteiger partial charge in [-0.3, -0.25) is 9.59 Å². The first kappa shape index (κ1) is 13.5. The molecule has 3 N–H and O–H groups in total. The number of benzene rings is 1. The molecule has 2 amide bonds. The Morgan fingerprint density at radius 2 is 2.26 bits per heavy atom. The van der Waals surface area contributed by atoms with Gasteiger partial charge in [0, 0.05) is 25.2 Å². The zero-order valence-electron chi connectivity index (χ0n) is 11.3. The van der Waals surface area contributed by atoms with Gasteiger partial charge in [-0.25, -0.2) is 0 Å². The molecule has 1 fully saturated rings. The number of hydrogen-bond donors (Lipinski definition) is 2. The number of carbonyl (C=O) groups excluding carboxylic acids is 2. The van der Waals surface area contributed by atoms with Crippen LogP contribution in [-0.2, 0) is 11.3 Å². The molecule has 1 heterocycles. The average molecular weight is 261 g/mol. The van der Waals surface area contributed by atoms with Crippen LogP contribution in [0.5, 0.6) is 0 Å². The Labute approximate surface area is 112 Å². The Balaban J connectivity index is 2.15. The molecule has 1 aromatic rings. The summed E-state index contributed by atoms with van der Waals surface area (Å²) in [6, 6.07) is 5.23. The summed E-state index contributed by atoms with van der Waals surface area (Å²) in [6.45, 7) is 5.90. The monoisotopic (exact) mass is 261 g/mol. The number of nitrogens with zero attached hydrogens (tertiary/aromatic N) is 1. The Hall–Kier alpha value is -1.88. The molecule has 0 aromatic heterocycles. The molecule has 0 aliphatic carbocycles. The summed E-state index contributed by atoms with van der Waals surface area (Å²) < 4.78 is 0. The molecule has 19 heavy (non-hydrogen) atoms. The van der Waals surface area contributed by atoms with Crippen molar-refractivity contribution in [2.45, 2.75) is 26.4 Å². The third-order valence-electron chi connectivity index (χ3n) is 3.50. The van der Waals surface area contributed by atoms with E-state index in [1.165, 1.54) is 0 Å². The number of carbonyl (C=O) groups is 2. The van der Waals surface area contributed by atoms with E-state index in [0.717, 1.165) is 17.7 Å². The highest BCUT2D eigenvalue weighted by Gasteiger charge is 2.24. The van der Waals surface area contributed by atoms with Gasteiger partial charge in [-0.15, -0.1) is 0 Å². The van der Waals surface area contributed by atoms with Crippen LogP contribution in [0.3, 0.4) is 0 Å². The summed E-state index contributed by atoms with van der Waals surface area (Å²) in [6.07, 6.45) is 0. The zero-order valence-corrected chi connectivity index (χ0v) is 11.3. The Bertz CT molecular complexity index is 513. The highest BCUT2D eigenvalue weighted by molar-refractivity contribution is 5.93. The summed E-state index contributed by atoms with van der Waals surface area (Å²) in [5, 5.41) is 3.13.